The number of anilines is 1. The number of fused-ring (bicyclic) bond motifs is 4. The maximum absolute atomic E-state index is 13.4. The van der Waals surface area contributed by atoms with Crippen molar-refractivity contribution < 1.29 is 14.0 Å². The Morgan fingerprint density at radius 3 is 2.51 bits per heavy atom. The highest BCUT2D eigenvalue weighted by molar-refractivity contribution is 6.35. The van der Waals surface area contributed by atoms with Gasteiger partial charge >= 0.3 is 6.03 Å². The maximum Gasteiger partial charge on any atom is 0.319 e. The second kappa shape index (κ2) is 8.88. The number of nitrogens with zero attached hydrogens (tertiary/aromatic N) is 2. The number of halogens is 1. The molecule has 8 heteroatoms. The number of amides is 3. The van der Waals surface area contributed by atoms with Crippen LogP contribution in [0.3, 0.4) is 0 Å². The quantitative estimate of drug-likeness (QED) is 0.517. The number of nitrogens with one attached hydrogen (secondary N) is 2. The summed E-state index contributed by atoms with van der Waals surface area (Å²) >= 11 is 6.62. The molecular formula is C27H29ClN4O3. The van der Waals surface area contributed by atoms with Gasteiger partial charge in [0.05, 0.1) is 16.2 Å². The third kappa shape index (κ3) is 4.06. The normalized spacial score (nSPS) is 19.9. The summed E-state index contributed by atoms with van der Waals surface area (Å²) in [6.07, 6.45) is 4.84. The van der Waals surface area contributed by atoms with E-state index < -0.39 is 5.54 Å². The average Bonchev–Trinajstić information content (AvgIpc) is 3.28. The number of hydrogen-bond donors (Lipinski definition) is 2. The van der Waals surface area contributed by atoms with Crippen molar-refractivity contribution in [3.05, 3.63) is 64.4 Å². The molecule has 3 aliphatic rings. The van der Waals surface area contributed by atoms with Crippen LogP contribution in [0.2, 0.25) is 5.02 Å². The van der Waals surface area contributed by atoms with Crippen molar-refractivity contribution in [1.29, 1.82) is 0 Å². The SMILES string of the molecule is O=C1Nc2c(Cl)cc3cc(C(=O)N4CCN(Cc5ccccc5)CC4)oc3c2C2(CCCCC2)N1. The molecule has 3 heterocycles. The minimum absolute atomic E-state index is 0.101. The molecule has 1 saturated heterocycles. The molecule has 0 atom stereocenters. The molecule has 182 valence electrons. The first kappa shape index (κ1) is 22.4. The largest absolute Gasteiger partial charge is 0.450 e. The van der Waals surface area contributed by atoms with E-state index >= 15 is 0 Å². The van der Waals surface area contributed by atoms with Gasteiger partial charge in [0.15, 0.2) is 5.76 Å². The summed E-state index contributed by atoms with van der Waals surface area (Å²) in [6.45, 7) is 3.84. The number of piperazine rings is 1. The first-order valence-electron chi connectivity index (χ1n) is 12.4. The Kier molecular flexibility index (Phi) is 5.69. The Labute approximate surface area is 209 Å². The number of carbonyl (C=O) groups is 2. The molecule has 0 unspecified atom stereocenters. The molecule has 7 nitrogen and oxygen atoms in total. The molecule has 0 bridgehead atoms. The van der Waals surface area contributed by atoms with E-state index in [2.05, 4.69) is 39.8 Å². The zero-order chi connectivity index (χ0) is 24.0. The lowest BCUT2D eigenvalue weighted by molar-refractivity contribution is 0.0599. The van der Waals surface area contributed by atoms with Crippen LogP contribution >= 0.6 is 11.6 Å². The highest BCUT2D eigenvalue weighted by atomic mass is 35.5. The number of rotatable bonds is 3. The van der Waals surface area contributed by atoms with Gasteiger partial charge in [-0.15, -0.1) is 0 Å². The van der Waals surface area contributed by atoms with Crippen LogP contribution in [0.4, 0.5) is 10.5 Å². The predicted molar refractivity (Wildman–Crippen MR) is 136 cm³/mol. The molecule has 1 aliphatic carbocycles. The van der Waals surface area contributed by atoms with Crippen molar-refractivity contribution in [1.82, 2.24) is 15.1 Å². The molecule has 3 aromatic rings. The van der Waals surface area contributed by atoms with Gasteiger partial charge in [-0.05, 0) is 30.5 Å². The molecule has 2 aliphatic heterocycles. The monoisotopic (exact) mass is 492 g/mol. The summed E-state index contributed by atoms with van der Waals surface area (Å²) in [5.74, 6) is 0.222. The van der Waals surface area contributed by atoms with Crippen molar-refractivity contribution in [3.8, 4) is 0 Å². The van der Waals surface area contributed by atoms with Crippen LogP contribution in [-0.4, -0.2) is 47.9 Å². The standard InChI is InChI=1S/C27H29ClN4O3/c28-20-15-19-16-21(25(33)32-13-11-31(12-14-32)17-18-7-3-1-4-8-18)35-24(19)22-23(20)29-26(34)30-27(22)9-5-2-6-10-27/h1,3-4,7-8,15-16H,2,5-6,9-14,17H2,(H2,29,30,34). The summed E-state index contributed by atoms with van der Waals surface area (Å²) in [7, 11) is 0. The molecule has 2 N–H and O–H groups in total. The van der Waals surface area contributed by atoms with Gasteiger partial charge in [-0.1, -0.05) is 61.2 Å². The molecule has 2 aromatic carbocycles. The Balaban J connectivity index is 1.26. The first-order chi connectivity index (χ1) is 17.0. The Hall–Kier alpha value is -3.03. The van der Waals surface area contributed by atoms with E-state index in [1.807, 2.05) is 11.0 Å². The van der Waals surface area contributed by atoms with Gasteiger partial charge in [-0.3, -0.25) is 9.69 Å². The van der Waals surface area contributed by atoms with Gasteiger partial charge in [0.1, 0.15) is 5.58 Å². The third-order valence-corrected chi connectivity index (χ3v) is 7.95. The van der Waals surface area contributed by atoms with E-state index in [-0.39, 0.29) is 11.9 Å². The van der Waals surface area contributed by atoms with E-state index in [1.54, 1.807) is 12.1 Å². The summed E-state index contributed by atoms with van der Waals surface area (Å²) < 4.78 is 6.27. The van der Waals surface area contributed by atoms with Crippen molar-refractivity contribution in [2.24, 2.45) is 0 Å². The molecule has 1 aromatic heterocycles. The van der Waals surface area contributed by atoms with Crippen molar-refractivity contribution >= 4 is 40.2 Å². The molecule has 35 heavy (non-hydrogen) atoms. The highest BCUT2D eigenvalue weighted by Crippen LogP contribution is 2.49. The number of hydrogen-bond acceptors (Lipinski definition) is 4. The number of carbonyl (C=O) groups excluding carboxylic acids is 2. The second-order valence-electron chi connectivity index (χ2n) is 9.91. The summed E-state index contributed by atoms with van der Waals surface area (Å²) in [6, 6.07) is 13.8. The van der Waals surface area contributed by atoms with Crippen LogP contribution < -0.4 is 10.6 Å². The third-order valence-electron chi connectivity index (χ3n) is 7.66. The van der Waals surface area contributed by atoms with E-state index in [0.29, 0.717) is 35.1 Å². The fraction of sp³-hybridized carbons (Fsp3) is 0.407. The average molecular weight is 493 g/mol. The fourth-order valence-corrected chi connectivity index (χ4v) is 6.15. The lowest BCUT2D eigenvalue weighted by atomic mass is 9.74. The van der Waals surface area contributed by atoms with Crippen molar-refractivity contribution in [3.63, 3.8) is 0 Å². The Morgan fingerprint density at radius 2 is 1.77 bits per heavy atom. The van der Waals surface area contributed by atoms with Crippen LogP contribution in [0.15, 0.2) is 46.9 Å². The van der Waals surface area contributed by atoms with Gasteiger partial charge in [0.2, 0.25) is 0 Å². The van der Waals surface area contributed by atoms with Crippen LogP contribution in [0, 0.1) is 0 Å². The van der Waals surface area contributed by atoms with Crippen LogP contribution in [0.25, 0.3) is 11.0 Å². The molecule has 6 rings (SSSR count). The van der Waals surface area contributed by atoms with Gasteiger partial charge in [-0.25, -0.2) is 4.79 Å². The Morgan fingerprint density at radius 1 is 1.03 bits per heavy atom. The van der Waals surface area contributed by atoms with Gasteiger partial charge in [0, 0.05) is 43.7 Å². The number of urea groups is 1. The molecule has 0 radical (unpaired) electrons. The summed E-state index contributed by atoms with van der Waals surface area (Å²) in [5.41, 5.74) is 2.90. The lowest BCUT2D eigenvalue weighted by Crippen LogP contribution is -2.52. The smallest absolute Gasteiger partial charge is 0.319 e. The molecule has 1 saturated carbocycles. The van der Waals surface area contributed by atoms with Crippen molar-refractivity contribution in [2.45, 2.75) is 44.2 Å². The van der Waals surface area contributed by atoms with Gasteiger partial charge < -0.3 is 20.0 Å². The Bertz CT molecular complexity index is 1270. The predicted octanol–water partition coefficient (Wildman–Crippen LogP) is 5.34. The summed E-state index contributed by atoms with van der Waals surface area (Å²) in [5, 5.41) is 7.31. The summed E-state index contributed by atoms with van der Waals surface area (Å²) in [4.78, 5) is 30.1. The van der Waals surface area contributed by atoms with Crippen LogP contribution in [0.1, 0.15) is 53.8 Å². The molecular weight excluding hydrogens is 464 g/mol. The zero-order valence-electron chi connectivity index (χ0n) is 19.6. The highest BCUT2D eigenvalue weighted by Gasteiger charge is 2.44. The van der Waals surface area contributed by atoms with Crippen LogP contribution in [-0.2, 0) is 12.1 Å². The van der Waals surface area contributed by atoms with Gasteiger partial charge in [-0.2, -0.15) is 0 Å². The molecule has 2 fully saturated rings. The van der Waals surface area contributed by atoms with Crippen molar-refractivity contribution in [2.75, 3.05) is 31.5 Å². The van der Waals surface area contributed by atoms with E-state index in [4.69, 9.17) is 16.0 Å². The fourth-order valence-electron chi connectivity index (χ4n) is 5.90. The molecule has 1 spiro atoms. The number of furan rings is 1. The molecule has 3 amide bonds. The van der Waals surface area contributed by atoms with Gasteiger partial charge in [0.25, 0.3) is 5.91 Å². The topological polar surface area (TPSA) is 77.8 Å². The van der Waals surface area contributed by atoms with E-state index in [9.17, 15) is 9.59 Å². The van der Waals surface area contributed by atoms with E-state index in [0.717, 1.165) is 62.7 Å². The van der Waals surface area contributed by atoms with E-state index in [1.165, 1.54) is 5.56 Å². The minimum Gasteiger partial charge on any atom is -0.450 e. The first-order valence-corrected chi connectivity index (χ1v) is 12.8. The maximum atomic E-state index is 13.4. The number of benzene rings is 2. The minimum atomic E-state index is -0.514. The lowest BCUT2D eigenvalue weighted by Gasteiger charge is -2.42. The van der Waals surface area contributed by atoms with Crippen LogP contribution in [0.5, 0.6) is 0 Å². The second-order valence-corrected chi connectivity index (χ2v) is 10.3. The zero-order valence-corrected chi connectivity index (χ0v) is 20.4.